The maximum atomic E-state index is 9.75. The molecule has 0 amide bonds. The zero-order valence-electron chi connectivity index (χ0n) is 15.2. The highest BCUT2D eigenvalue weighted by atomic mass is 16.5. The normalized spacial score (nSPS) is 21.3. The summed E-state index contributed by atoms with van der Waals surface area (Å²) in [5, 5.41) is 17.2. The number of aromatic amines is 1. The molecule has 2 aromatic rings. The van der Waals surface area contributed by atoms with E-state index in [9.17, 15) is 5.26 Å². The number of allylic oxidation sites excluding steroid dienone is 3. The van der Waals surface area contributed by atoms with Crippen LogP contribution < -0.4 is 15.2 Å². The fourth-order valence-corrected chi connectivity index (χ4v) is 3.98. The molecule has 138 valence electrons. The van der Waals surface area contributed by atoms with Crippen molar-refractivity contribution in [2.24, 2.45) is 11.7 Å². The van der Waals surface area contributed by atoms with Gasteiger partial charge in [0.1, 0.15) is 11.8 Å². The van der Waals surface area contributed by atoms with Crippen LogP contribution in [0.25, 0.3) is 11.3 Å². The van der Waals surface area contributed by atoms with Crippen LogP contribution in [0.5, 0.6) is 11.6 Å². The Hall–Kier alpha value is -3.20. The van der Waals surface area contributed by atoms with Gasteiger partial charge in [0.05, 0.1) is 23.4 Å². The number of nitrogens with two attached hydrogens (primary N) is 1. The SMILES string of the molecule is CCOc1ccc(-c2[nH]nc3c2[C@H]([C@H]2CC=CCC2)C(C#N)=C(N)O3)cc1. The summed E-state index contributed by atoms with van der Waals surface area (Å²) in [7, 11) is 0. The Bertz CT molecular complexity index is 934. The number of fused-ring (bicyclic) bond motifs is 1. The van der Waals surface area contributed by atoms with Gasteiger partial charge in [-0.05, 0) is 56.4 Å². The minimum Gasteiger partial charge on any atom is -0.494 e. The van der Waals surface area contributed by atoms with E-state index in [2.05, 4.69) is 28.4 Å². The summed E-state index contributed by atoms with van der Waals surface area (Å²) < 4.78 is 11.2. The summed E-state index contributed by atoms with van der Waals surface area (Å²) in [6.45, 7) is 2.58. The molecule has 3 N–H and O–H groups in total. The van der Waals surface area contributed by atoms with Crippen molar-refractivity contribution in [3.63, 3.8) is 0 Å². The molecule has 1 aromatic carbocycles. The average Bonchev–Trinajstić information content (AvgIpc) is 3.11. The van der Waals surface area contributed by atoms with Crippen molar-refractivity contribution < 1.29 is 9.47 Å². The van der Waals surface area contributed by atoms with Gasteiger partial charge >= 0.3 is 0 Å². The molecule has 0 spiro atoms. The molecule has 4 rings (SSSR count). The van der Waals surface area contributed by atoms with Crippen molar-refractivity contribution in [2.45, 2.75) is 32.1 Å². The molecule has 0 unspecified atom stereocenters. The Kier molecular flexibility index (Phi) is 4.59. The van der Waals surface area contributed by atoms with E-state index in [1.807, 2.05) is 31.2 Å². The molecule has 6 heteroatoms. The van der Waals surface area contributed by atoms with Gasteiger partial charge in [-0.15, -0.1) is 5.10 Å². The van der Waals surface area contributed by atoms with Crippen LogP contribution in [-0.2, 0) is 0 Å². The molecule has 6 nitrogen and oxygen atoms in total. The first-order valence-electron chi connectivity index (χ1n) is 9.27. The van der Waals surface area contributed by atoms with Crippen LogP contribution >= 0.6 is 0 Å². The van der Waals surface area contributed by atoms with E-state index in [0.29, 0.717) is 24.0 Å². The average molecular weight is 362 g/mol. The number of hydrogen-bond donors (Lipinski definition) is 2. The second-order valence-corrected chi connectivity index (χ2v) is 6.79. The van der Waals surface area contributed by atoms with E-state index in [-0.39, 0.29) is 11.8 Å². The number of nitrogens with zero attached hydrogens (tertiary/aromatic N) is 2. The highest BCUT2D eigenvalue weighted by molar-refractivity contribution is 5.69. The van der Waals surface area contributed by atoms with Crippen LogP contribution in [0, 0.1) is 17.2 Å². The van der Waals surface area contributed by atoms with E-state index < -0.39 is 0 Å². The van der Waals surface area contributed by atoms with Crippen molar-refractivity contribution in [3.05, 3.63) is 53.4 Å². The lowest BCUT2D eigenvalue weighted by Crippen LogP contribution is -2.25. The van der Waals surface area contributed by atoms with E-state index in [4.69, 9.17) is 15.2 Å². The van der Waals surface area contributed by atoms with Gasteiger partial charge < -0.3 is 15.2 Å². The Morgan fingerprint density at radius 1 is 1.33 bits per heavy atom. The monoisotopic (exact) mass is 362 g/mol. The van der Waals surface area contributed by atoms with Gasteiger partial charge in [0.2, 0.25) is 11.8 Å². The van der Waals surface area contributed by atoms with Crippen LogP contribution in [0.2, 0.25) is 0 Å². The van der Waals surface area contributed by atoms with Gasteiger partial charge in [-0.1, -0.05) is 12.2 Å². The predicted molar refractivity (Wildman–Crippen MR) is 102 cm³/mol. The quantitative estimate of drug-likeness (QED) is 0.801. The molecule has 0 radical (unpaired) electrons. The lowest BCUT2D eigenvalue weighted by Gasteiger charge is -2.31. The molecule has 27 heavy (non-hydrogen) atoms. The molecular weight excluding hydrogens is 340 g/mol. The largest absolute Gasteiger partial charge is 0.494 e. The lowest BCUT2D eigenvalue weighted by molar-refractivity contribution is 0.340. The first-order chi connectivity index (χ1) is 13.2. The van der Waals surface area contributed by atoms with Crippen LogP contribution in [0.4, 0.5) is 0 Å². The molecule has 1 aliphatic carbocycles. The molecular formula is C21H22N4O2. The Labute approximate surface area is 158 Å². The number of nitriles is 1. The van der Waals surface area contributed by atoms with Gasteiger partial charge in [0.15, 0.2) is 0 Å². The summed E-state index contributed by atoms with van der Waals surface area (Å²) in [6.07, 6.45) is 7.30. The first kappa shape index (κ1) is 17.2. The van der Waals surface area contributed by atoms with E-state index >= 15 is 0 Å². The van der Waals surface area contributed by atoms with E-state index in [1.165, 1.54) is 0 Å². The molecule has 0 saturated heterocycles. The van der Waals surface area contributed by atoms with Crippen LogP contribution in [0.1, 0.15) is 37.7 Å². The Morgan fingerprint density at radius 2 is 2.15 bits per heavy atom. The van der Waals surface area contributed by atoms with Crippen LogP contribution in [-0.4, -0.2) is 16.8 Å². The fourth-order valence-electron chi connectivity index (χ4n) is 3.98. The van der Waals surface area contributed by atoms with Crippen molar-refractivity contribution in [1.29, 1.82) is 5.26 Å². The standard InChI is InChI=1S/C21H22N4O2/c1-2-26-15-10-8-14(9-11-15)19-18-17(13-6-4-3-5-7-13)16(12-22)20(23)27-21(18)25-24-19/h3-4,8-11,13,17H,2,5-7,23H2,1H3,(H,24,25)/t13-,17+/m0/s1. The summed E-state index contributed by atoms with van der Waals surface area (Å²) in [4.78, 5) is 0. The summed E-state index contributed by atoms with van der Waals surface area (Å²) in [5.74, 6) is 1.62. The van der Waals surface area contributed by atoms with Crippen LogP contribution in [0.3, 0.4) is 0 Å². The van der Waals surface area contributed by atoms with Crippen LogP contribution in [0.15, 0.2) is 47.9 Å². The fraction of sp³-hybridized carbons (Fsp3) is 0.333. The Balaban J connectivity index is 1.79. The summed E-state index contributed by atoms with van der Waals surface area (Å²) >= 11 is 0. The zero-order valence-corrected chi connectivity index (χ0v) is 15.2. The third-order valence-electron chi connectivity index (χ3n) is 5.22. The van der Waals surface area contributed by atoms with Gasteiger partial charge in [-0.2, -0.15) is 5.26 Å². The number of aromatic nitrogens is 2. The topological polar surface area (TPSA) is 97.0 Å². The number of H-pyrrole nitrogens is 1. The third-order valence-corrected chi connectivity index (χ3v) is 5.22. The Morgan fingerprint density at radius 3 is 2.81 bits per heavy atom. The van der Waals surface area contributed by atoms with E-state index in [1.54, 1.807) is 0 Å². The molecule has 2 heterocycles. The third kappa shape index (κ3) is 3.06. The lowest BCUT2D eigenvalue weighted by atomic mass is 9.74. The van der Waals surface area contributed by atoms with Gasteiger partial charge in [0.25, 0.3) is 0 Å². The van der Waals surface area contributed by atoms with Crippen molar-refractivity contribution >= 4 is 0 Å². The smallest absolute Gasteiger partial charge is 0.244 e. The van der Waals surface area contributed by atoms with Gasteiger partial charge in [0, 0.05) is 11.5 Å². The number of benzene rings is 1. The van der Waals surface area contributed by atoms with Gasteiger partial charge in [-0.3, -0.25) is 5.10 Å². The maximum Gasteiger partial charge on any atom is 0.244 e. The molecule has 0 saturated carbocycles. The van der Waals surface area contributed by atoms with Crippen molar-refractivity contribution in [2.75, 3.05) is 6.61 Å². The molecule has 2 atom stereocenters. The van der Waals surface area contributed by atoms with Crippen molar-refractivity contribution in [3.8, 4) is 29.0 Å². The minimum absolute atomic E-state index is 0.121. The summed E-state index contributed by atoms with van der Waals surface area (Å²) in [6, 6.07) is 10.1. The minimum atomic E-state index is -0.121. The van der Waals surface area contributed by atoms with Crippen molar-refractivity contribution in [1.82, 2.24) is 10.2 Å². The zero-order chi connectivity index (χ0) is 18.8. The highest BCUT2D eigenvalue weighted by Crippen LogP contribution is 2.48. The molecule has 0 bridgehead atoms. The first-order valence-corrected chi connectivity index (χ1v) is 9.27. The van der Waals surface area contributed by atoms with E-state index in [0.717, 1.165) is 41.8 Å². The number of nitrogens with one attached hydrogen (secondary N) is 1. The second-order valence-electron chi connectivity index (χ2n) is 6.79. The molecule has 2 aliphatic rings. The second kappa shape index (κ2) is 7.20. The number of rotatable bonds is 4. The summed E-state index contributed by atoms with van der Waals surface area (Å²) in [5.41, 5.74) is 9.31. The number of hydrogen-bond acceptors (Lipinski definition) is 5. The molecule has 1 aliphatic heterocycles. The highest BCUT2D eigenvalue weighted by Gasteiger charge is 2.39. The maximum absolute atomic E-state index is 9.75. The van der Waals surface area contributed by atoms with Gasteiger partial charge in [-0.25, -0.2) is 0 Å². The molecule has 1 aromatic heterocycles. The predicted octanol–water partition coefficient (Wildman–Crippen LogP) is 4.00. The molecule has 0 fully saturated rings. The number of ether oxygens (including phenoxy) is 2.